The molecular weight excluding hydrogens is 514 g/mol. The summed E-state index contributed by atoms with van der Waals surface area (Å²) in [5.41, 5.74) is 12.0. The first-order valence-corrected chi connectivity index (χ1v) is 14.3. The van der Waals surface area contributed by atoms with Gasteiger partial charge in [0.1, 0.15) is 0 Å². The number of benzene rings is 2. The van der Waals surface area contributed by atoms with Gasteiger partial charge in [0.15, 0.2) is 0 Å². The Hall–Kier alpha value is -4.18. The topological polar surface area (TPSA) is 115 Å². The molecule has 2 fully saturated rings. The van der Waals surface area contributed by atoms with Crippen molar-refractivity contribution in [3.05, 3.63) is 84.9 Å². The lowest BCUT2D eigenvalue weighted by Crippen LogP contribution is -2.48. The third-order valence-electron chi connectivity index (χ3n) is 7.90. The molecule has 2 aliphatic rings. The first kappa shape index (κ1) is 27.0. The number of anilines is 1. The summed E-state index contributed by atoms with van der Waals surface area (Å²) in [4.78, 5) is 21.2. The van der Waals surface area contributed by atoms with Gasteiger partial charge >= 0.3 is 0 Å². The van der Waals surface area contributed by atoms with Gasteiger partial charge in [-0.1, -0.05) is 24.8 Å². The largest absolute Gasteiger partial charge is 0.401 e. The van der Waals surface area contributed by atoms with Crippen molar-refractivity contribution in [2.45, 2.75) is 18.9 Å². The molecule has 0 aliphatic carbocycles. The molecule has 4 heterocycles. The van der Waals surface area contributed by atoms with Crippen LogP contribution in [0, 0.1) is 0 Å². The molecule has 0 bridgehead atoms. The maximum atomic E-state index is 13.1. The molecule has 0 spiro atoms. The van der Waals surface area contributed by atoms with Gasteiger partial charge in [0.2, 0.25) is 0 Å². The number of H-pyrrole nitrogens is 2. The number of morpholine rings is 1. The van der Waals surface area contributed by atoms with E-state index in [4.69, 9.17) is 10.5 Å². The average Bonchev–Trinajstić information content (AvgIpc) is 3.75. The van der Waals surface area contributed by atoms with Crippen LogP contribution in [0.2, 0.25) is 0 Å². The molecule has 2 aromatic heterocycles. The monoisotopic (exact) mass is 551 g/mol. The van der Waals surface area contributed by atoms with E-state index in [1.54, 1.807) is 18.3 Å². The van der Waals surface area contributed by atoms with Crippen molar-refractivity contribution >= 4 is 33.4 Å². The number of amides is 1. The van der Waals surface area contributed by atoms with Gasteiger partial charge in [-0.25, -0.2) is 0 Å². The Morgan fingerprint density at radius 3 is 2.90 bits per heavy atom. The lowest BCUT2D eigenvalue weighted by Gasteiger charge is -2.34. The van der Waals surface area contributed by atoms with Crippen molar-refractivity contribution in [2.75, 3.05) is 51.2 Å². The Kier molecular flexibility index (Phi) is 8.00. The third-order valence-corrected chi connectivity index (χ3v) is 7.90. The molecule has 2 aromatic carbocycles. The molecule has 4 aromatic rings. The Morgan fingerprint density at radius 1 is 1.15 bits per heavy atom. The third kappa shape index (κ3) is 6.27. The molecule has 5 N–H and O–H groups in total. The Morgan fingerprint density at radius 2 is 2.02 bits per heavy atom. The summed E-state index contributed by atoms with van der Waals surface area (Å²) in [5, 5.41) is 12.2. The molecule has 1 atom stereocenters. The number of hydrogen-bond donors (Lipinski definition) is 4. The molecule has 0 radical (unpaired) electrons. The molecular formula is C32H37N7O2. The molecule has 9 heteroatoms. The van der Waals surface area contributed by atoms with Crippen molar-refractivity contribution in [2.24, 2.45) is 5.73 Å². The van der Waals surface area contributed by atoms with Gasteiger partial charge < -0.3 is 25.7 Å². The highest BCUT2D eigenvalue weighted by Crippen LogP contribution is 2.34. The summed E-state index contributed by atoms with van der Waals surface area (Å²) >= 11 is 0. The second kappa shape index (κ2) is 12.1. The lowest BCUT2D eigenvalue weighted by atomic mass is 9.99. The van der Waals surface area contributed by atoms with Gasteiger partial charge in [0.25, 0.3) is 5.91 Å². The number of rotatable bonds is 9. The number of nitrogens with one attached hydrogen (secondary N) is 3. The minimum absolute atomic E-state index is 0.227. The van der Waals surface area contributed by atoms with Crippen molar-refractivity contribution < 1.29 is 9.53 Å². The second-order valence-corrected chi connectivity index (χ2v) is 10.9. The summed E-state index contributed by atoms with van der Waals surface area (Å²) < 4.78 is 5.99. The number of likely N-dealkylation sites (tertiary alicyclic amines) is 1. The summed E-state index contributed by atoms with van der Waals surface area (Å²) in [6.45, 7) is 10.5. The summed E-state index contributed by atoms with van der Waals surface area (Å²) in [7, 11) is 0. The molecule has 212 valence electrons. The highest BCUT2D eigenvalue weighted by atomic mass is 16.5. The highest BCUT2D eigenvalue weighted by Gasteiger charge is 2.24. The van der Waals surface area contributed by atoms with Crippen LogP contribution < -0.4 is 11.1 Å². The van der Waals surface area contributed by atoms with Gasteiger partial charge in [-0.2, -0.15) is 5.10 Å². The first-order valence-electron chi connectivity index (χ1n) is 14.3. The Labute approximate surface area is 239 Å². The summed E-state index contributed by atoms with van der Waals surface area (Å²) in [6, 6.07) is 12.2. The van der Waals surface area contributed by atoms with E-state index in [1.165, 1.54) is 25.9 Å². The fraction of sp³-hybridized carbons (Fsp3) is 0.312. The first-order chi connectivity index (χ1) is 20.0. The number of nitrogens with two attached hydrogens (primary N) is 1. The second-order valence-electron chi connectivity index (χ2n) is 10.9. The average molecular weight is 552 g/mol. The minimum Gasteiger partial charge on any atom is -0.401 e. The zero-order chi connectivity index (χ0) is 28.2. The number of carbonyl (C=O) groups excluding carboxylic acids is 1. The molecule has 0 saturated carbocycles. The van der Waals surface area contributed by atoms with E-state index in [0.717, 1.165) is 64.9 Å². The Bertz CT molecular complexity index is 1610. The van der Waals surface area contributed by atoms with E-state index in [-0.39, 0.29) is 12.0 Å². The van der Waals surface area contributed by atoms with Gasteiger partial charge in [0.05, 0.1) is 30.1 Å². The molecule has 1 unspecified atom stereocenters. The van der Waals surface area contributed by atoms with Crippen LogP contribution in [-0.2, 0) is 9.53 Å². The number of ether oxygens (including phenoxy) is 1. The summed E-state index contributed by atoms with van der Waals surface area (Å²) in [6.07, 6.45) is 11.8. The van der Waals surface area contributed by atoms with Gasteiger partial charge in [0, 0.05) is 59.9 Å². The predicted octanol–water partition coefficient (Wildman–Crippen LogP) is 4.40. The van der Waals surface area contributed by atoms with Gasteiger partial charge in [-0.3, -0.25) is 14.8 Å². The zero-order valence-corrected chi connectivity index (χ0v) is 23.2. The van der Waals surface area contributed by atoms with Crippen LogP contribution in [0.1, 0.15) is 12.8 Å². The van der Waals surface area contributed by atoms with Crippen LogP contribution >= 0.6 is 0 Å². The van der Waals surface area contributed by atoms with E-state index in [2.05, 4.69) is 49.0 Å². The fourth-order valence-corrected chi connectivity index (χ4v) is 5.81. The van der Waals surface area contributed by atoms with Crippen LogP contribution in [0.5, 0.6) is 0 Å². The van der Waals surface area contributed by atoms with Gasteiger partial charge in [-0.05, 0) is 73.5 Å². The molecule has 41 heavy (non-hydrogen) atoms. The number of fused-ring (bicyclic) bond motifs is 2. The highest BCUT2D eigenvalue weighted by molar-refractivity contribution is 6.11. The van der Waals surface area contributed by atoms with Crippen LogP contribution in [0.15, 0.2) is 84.9 Å². The van der Waals surface area contributed by atoms with Crippen molar-refractivity contribution in [3.63, 3.8) is 0 Å². The van der Waals surface area contributed by atoms with Crippen LogP contribution in [-0.4, -0.2) is 82.9 Å². The maximum absolute atomic E-state index is 13.1. The lowest BCUT2D eigenvalue weighted by molar-refractivity contribution is -0.112. The number of aromatic amines is 2. The fourth-order valence-electron chi connectivity index (χ4n) is 5.81. The summed E-state index contributed by atoms with van der Waals surface area (Å²) in [5.74, 6) is -0.286. The SMILES string of the molecule is C=C(/C=C\C=C(/N)CN1CCOC(CN2CCCC2)C1)C(=O)Nc1cc(-c2cccc3[nH]ccc23)cc2[nH]ncc12. The molecule has 6 rings (SSSR count). The van der Waals surface area contributed by atoms with E-state index in [1.807, 2.05) is 36.5 Å². The van der Waals surface area contributed by atoms with Crippen molar-refractivity contribution in [3.8, 4) is 11.1 Å². The Balaban J connectivity index is 1.09. The number of nitrogens with zero attached hydrogens (tertiary/aromatic N) is 3. The smallest absolute Gasteiger partial charge is 0.255 e. The number of allylic oxidation sites excluding steroid dienone is 2. The minimum atomic E-state index is -0.286. The standard InChI is InChI=1S/C32H37N7O2/c1-22(6-4-7-24(33)19-39-14-15-41-25(21-39)20-38-12-2-3-13-38)32(40)36-30-16-23(17-31-28(30)18-35-37-31)26-8-5-9-29-27(26)10-11-34-29/h4-11,16-18,25,34H,1-3,12-15,19-21,33H2,(H,35,37)(H,36,40)/b6-4-,24-7-. The van der Waals surface area contributed by atoms with E-state index in [9.17, 15) is 4.79 Å². The zero-order valence-electron chi connectivity index (χ0n) is 23.2. The quantitative estimate of drug-likeness (QED) is 0.181. The van der Waals surface area contributed by atoms with E-state index in [0.29, 0.717) is 17.8 Å². The molecule has 2 aliphatic heterocycles. The number of carbonyl (C=O) groups is 1. The predicted molar refractivity (Wildman–Crippen MR) is 164 cm³/mol. The van der Waals surface area contributed by atoms with Crippen LogP contribution in [0.25, 0.3) is 32.9 Å². The van der Waals surface area contributed by atoms with E-state index >= 15 is 0 Å². The van der Waals surface area contributed by atoms with E-state index < -0.39 is 0 Å². The van der Waals surface area contributed by atoms with Gasteiger partial charge in [-0.15, -0.1) is 0 Å². The van der Waals surface area contributed by atoms with Crippen molar-refractivity contribution in [1.82, 2.24) is 25.0 Å². The van der Waals surface area contributed by atoms with Crippen LogP contribution in [0.3, 0.4) is 0 Å². The number of hydrogen-bond acceptors (Lipinski definition) is 6. The molecule has 2 saturated heterocycles. The normalized spacial score (nSPS) is 19.0. The van der Waals surface area contributed by atoms with Crippen LogP contribution in [0.4, 0.5) is 5.69 Å². The number of aromatic nitrogens is 3. The van der Waals surface area contributed by atoms with Crippen molar-refractivity contribution in [1.29, 1.82) is 0 Å². The molecule has 9 nitrogen and oxygen atoms in total. The molecule has 1 amide bonds. The maximum Gasteiger partial charge on any atom is 0.255 e.